The van der Waals surface area contributed by atoms with E-state index < -0.39 is 6.04 Å². The van der Waals surface area contributed by atoms with Crippen LogP contribution >= 0.6 is 0 Å². The molecular formula is C20H22N2O3. The lowest BCUT2D eigenvalue weighted by atomic mass is 10.0. The molecule has 0 N–H and O–H groups in total. The molecule has 25 heavy (non-hydrogen) atoms. The van der Waals surface area contributed by atoms with Gasteiger partial charge in [0, 0.05) is 24.3 Å². The number of benzene rings is 2. The van der Waals surface area contributed by atoms with Gasteiger partial charge in [-0.05, 0) is 49.7 Å². The van der Waals surface area contributed by atoms with Crippen molar-refractivity contribution in [1.82, 2.24) is 4.90 Å². The van der Waals surface area contributed by atoms with E-state index in [9.17, 15) is 9.59 Å². The van der Waals surface area contributed by atoms with Crippen LogP contribution in [0.2, 0.25) is 0 Å². The summed E-state index contributed by atoms with van der Waals surface area (Å²) in [5.41, 5.74) is 2.39. The maximum absolute atomic E-state index is 12.8. The fourth-order valence-electron chi connectivity index (χ4n) is 3.13. The molecular weight excluding hydrogens is 316 g/mol. The van der Waals surface area contributed by atoms with Crippen molar-refractivity contribution in [1.29, 1.82) is 0 Å². The van der Waals surface area contributed by atoms with Gasteiger partial charge in [-0.25, -0.2) is 0 Å². The summed E-state index contributed by atoms with van der Waals surface area (Å²) in [7, 11) is 1.61. The van der Waals surface area contributed by atoms with Gasteiger partial charge in [-0.15, -0.1) is 0 Å². The molecule has 1 aliphatic heterocycles. The second kappa shape index (κ2) is 6.97. The Bertz CT molecular complexity index is 786. The predicted octanol–water partition coefficient (Wildman–Crippen LogP) is 2.88. The molecule has 2 aromatic carbocycles. The van der Waals surface area contributed by atoms with Crippen molar-refractivity contribution in [2.24, 2.45) is 0 Å². The highest BCUT2D eigenvalue weighted by Crippen LogP contribution is 2.24. The van der Waals surface area contributed by atoms with Gasteiger partial charge in [0.15, 0.2) is 0 Å². The van der Waals surface area contributed by atoms with E-state index >= 15 is 0 Å². The molecule has 0 aromatic heterocycles. The number of nitrogens with zero attached hydrogens (tertiary/aromatic N) is 2. The lowest BCUT2D eigenvalue weighted by Gasteiger charge is -2.39. The largest absolute Gasteiger partial charge is 0.497 e. The summed E-state index contributed by atoms with van der Waals surface area (Å²) in [4.78, 5) is 29.0. The van der Waals surface area contributed by atoms with E-state index in [2.05, 4.69) is 0 Å². The summed E-state index contributed by atoms with van der Waals surface area (Å²) in [6.07, 6.45) is 0. The highest BCUT2D eigenvalue weighted by molar-refractivity contribution is 6.03. The van der Waals surface area contributed by atoms with Crippen molar-refractivity contribution in [2.75, 3.05) is 25.1 Å². The normalized spacial score (nSPS) is 17.6. The molecule has 5 nitrogen and oxygen atoms in total. The average molecular weight is 338 g/mol. The number of hydrogen-bond acceptors (Lipinski definition) is 3. The summed E-state index contributed by atoms with van der Waals surface area (Å²) in [6, 6.07) is 14.4. The molecule has 3 rings (SSSR count). The molecule has 1 heterocycles. The first-order valence-corrected chi connectivity index (χ1v) is 8.35. The van der Waals surface area contributed by atoms with E-state index in [1.54, 1.807) is 23.8 Å². The Balaban J connectivity index is 1.79. The van der Waals surface area contributed by atoms with Gasteiger partial charge in [-0.3, -0.25) is 9.59 Å². The Morgan fingerprint density at radius 2 is 1.76 bits per heavy atom. The van der Waals surface area contributed by atoms with Gasteiger partial charge in [-0.2, -0.15) is 0 Å². The molecule has 1 aliphatic rings. The SMILES string of the molecule is COc1ccc(N2CCN(C(=O)c3ccccc3C)[C@H](C)C2=O)cc1. The number of rotatable bonds is 3. The van der Waals surface area contributed by atoms with Crippen LogP contribution in [0.4, 0.5) is 5.69 Å². The van der Waals surface area contributed by atoms with E-state index in [0.717, 1.165) is 17.0 Å². The molecule has 1 saturated heterocycles. The van der Waals surface area contributed by atoms with E-state index in [1.807, 2.05) is 55.5 Å². The quantitative estimate of drug-likeness (QED) is 0.865. The van der Waals surface area contributed by atoms with E-state index in [1.165, 1.54) is 0 Å². The molecule has 2 amide bonds. The van der Waals surface area contributed by atoms with Crippen molar-refractivity contribution in [3.63, 3.8) is 0 Å². The molecule has 1 fully saturated rings. The monoisotopic (exact) mass is 338 g/mol. The zero-order valence-corrected chi connectivity index (χ0v) is 14.7. The summed E-state index contributed by atoms with van der Waals surface area (Å²) < 4.78 is 5.16. The number of hydrogen-bond donors (Lipinski definition) is 0. The van der Waals surface area contributed by atoms with Gasteiger partial charge in [0.25, 0.3) is 5.91 Å². The van der Waals surface area contributed by atoms with Crippen molar-refractivity contribution >= 4 is 17.5 Å². The molecule has 5 heteroatoms. The van der Waals surface area contributed by atoms with Crippen LogP contribution in [0, 0.1) is 6.92 Å². The van der Waals surface area contributed by atoms with Crippen LogP contribution in [0.1, 0.15) is 22.8 Å². The van der Waals surface area contributed by atoms with Gasteiger partial charge >= 0.3 is 0 Å². The first kappa shape index (κ1) is 17.0. The number of carbonyl (C=O) groups excluding carboxylic acids is 2. The first-order chi connectivity index (χ1) is 12.0. The van der Waals surface area contributed by atoms with E-state index in [4.69, 9.17) is 4.74 Å². The number of methoxy groups -OCH3 is 1. The Kier molecular flexibility index (Phi) is 4.74. The van der Waals surface area contributed by atoms with Crippen molar-refractivity contribution < 1.29 is 14.3 Å². The number of piperazine rings is 1. The van der Waals surface area contributed by atoms with Gasteiger partial charge in [0.1, 0.15) is 11.8 Å². The van der Waals surface area contributed by atoms with Crippen molar-refractivity contribution in [3.8, 4) is 5.75 Å². The maximum Gasteiger partial charge on any atom is 0.254 e. The zero-order valence-electron chi connectivity index (χ0n) is 14.7. The Hall–Kier alpha value is -2.82. The van der Waals surface area contributed by atoms with Crippen LogP contribution in [0.15, 0.2) is 48.5 Å². The lowest BCUT2D eigenvalue weighted by molar-refractivity contribution is -0.124. The Morgan fingerprint density at radius 3 is 2.40 bits per heavy atom. The molecule has 0 unspecified atom stereocenters. The molecule has 0 bridgehead atoms. The fraction of sp³-hybridized carbons (Fsp3) is 0.300. The average Bonchev–Trinajstić information content (AvgIpc) is 2.64. The highest BCUT2D eigenvalue weighted by atomic mass is 16.5. The standard InChI is InChI=1S/C20H22N2O3/c1-14-6-4-5-7-18(14)20(24)21-12-13-22(19(23)15(21)2)16-8-10-17(25-3)11-9-16/h4-11,15H,12-13H2,1-3H3/t15-/m1/s1. The predicted molar refractivity (Wildman–Crippen MR) is 97.0 cm³/mol. The van der Waals surface area contributed by atoms with Crippen LogP contribution in [-0.4, -0.2) is 43.0 Å². The van der Waals surface area contributed by atoms with Crippen molar-refractivity contribution in [3.05, 3.63) is 59.7 Å². The molecule has 0 radical (unpaired) electrons. The summed E-state index contributed by atoms with van der Waals surface area (Å²) >= 11 is 0. The van der Waals surface area contributed by atoms with Crippen molar-refractivity contribution in [2.45, 2.75) is 19.9 Å². The van der Waals surface area contributed by atoms with Crippen LogP contribution in [0.25, 0.3) is 0 Å². The Labute approximate surface area is 147 Å². The molecule has 0 spiro atoms. The maximum atomic E-state index is 12.8. The van der Waals surface area contributed by atoms with E-state index in [-0.39, 0.29) is 11.8 Å². The number of ether oxygens (including phenoxy) is 1. The third kappa shape index (κ3) is 3.22. The smallest absolute Gasteiger partial charge is 0.254 e. The summed E-state index contributed by atoms with van der Waals surface area (Å²) in [5.74, 6) is 0.587. The second-order valence-corrected chi connectivity index (χ2v) is 6.18. The highest BCUT2D eigenvalue weighted by Gasteiger charge is 2.35. The van der Waals surface area contributed by atoms with Gasteiger partial charge in [0.2, 0.25) is 5.91 Å². The first-order valence-electron chi connectivity index (χ1n) is 8.35. The minimum Gasteiger partial charge on any atom is -0.497 e. The second-order valence-electron chi connectivity index (χ2n) is 6.18. The summed E-state index contributed by atoms with van der Waals surface area (Å²) in [6.45, 7) is 4.68. The minimum absolute atomic E-state index is 0.0710. The molecule has 130 valence electrons. The topological polar surface area (TPSA) is 49.9 Å². The zero-order chi connectivity index (χ0) is 18.0. The van der Waals surface area contributed by atoms with Crippen LogP contribution < -0.4 is 9.64 Å². The summed E-state index contributed by atoms with van der Waals surface area (Å²) in [5, 5.41) is 0. The number of carbonyl (C=O) groups is 2. The van der Waals surface area contributed by atoms with Gasteiger partial charge < -0.3 is 14.5 Å². The lowest BCUT2D eigenvalue weighted by Crippen LogP contribution is -2.57. The number of anilines is 1. The fourth-order valence-corrected chi connectivity index (χ4v) is 3.13. The van der Waals surface area contributed by atoms with Gasteiger partial charge in [-0.1, -0.05) is 18.2 Å². The third-order valence-corrected chi connectivity index (χ3v) is 4.68. The molecule has 1 atom stereocenters. The van der Waals surface area contributed by atoms with Crippen LogP contribution in [-0.2, 0) is 4.79 Å². The molecule has 2 aromatic rings. The molecule has 0 saturated carbocycles. The van der Waals surface area contributed by atoms with Gasteiger partial charge in [0.05, 0.1) is 7.11 Å². The van der Waals surface area contributed by atoms with Crippen LogP contribution in [0.5, 0.6) is 5.75 Å². The minimum atomic E-state index is -0.497. The third-order valence-electron chi connectivity index (χ3n) is 4.68. The number of amides is 2. The Morgan fingerprint density at radius 1 is 1.08 bits per heavy atom. The van der Waals surface area contributed by atoms with Crippen LogP contribution in [0.3, 0.4) is 0 Å². The van der Waals surface area contributed by atoms with E-state index in [0.29, 0.717) is 18.7 Å². The molecule has 0 aliphatic carbocycles. The number of aryl methyl sites for hydroxylation is 1.